The summed E-state index contributed by atoms with van der Waals surface area (Å²) in [7, 11) is 0. The highest BCUT2D eigenvalue weighted by Gasteiger charge is 2.14. The second kappa shape index (κ2) is 9.53. The van der Waals surface area contributed by atoms with Gasteiger partial charge in [-0.05, 0) is 54.4 Å². The van der Waals surface area contributed by atoms with E-state index in [1.54, 1.807) is 6.20 Å². The lowest BCUT2D eigenvalue weighted by Crippen LogP contribution is -2.14. The standard InChI is InChI=1S/C28H23N3O3/c1-20-29-18-28-31(20)15-14-26(34-28)23-10-12-24(13-11-23)30-27(32)17-22-8-5-9-25(16-22)33-19-21-6-3-2-4-7-21/h2-13,15-16,18H,17,19H2,1H3,(H,30,32). The van der Waals surface area contributed by atoms with Crippen LogP contribution in [0, 0.1) is 6.92 Å². The van der Waals surface area contributed by atoms with Crippen molar-refractivity contribution >= 4 is 23.6 Å². The SMILES string of the molecule is Cc1ncc2n1C=C=C(c1ccc(NC(=O)Cc3cccc(OCc4ccccc4)c3)cc1)O2. The third-order valence-corrected chi connectivity index (χ3v) is 5.42. The summed E-state index contributed by atoms with van der Waals surface area (Å²) in [6.45, 7) is 2.39. The first kappa shape index (κ1) is 21.3. The fraction of sp³-hybridized carbons (Fsp3) is 0.107. The Hall–Kier alpha value is -4.54. The fourth-order valence-electron chi connectivity index (χ4n) is 3.65. The molecule has 4 aromatic rings. The zero-order valence-corrected chi connectivity index (χ0v) is 18.7. The Bertz CT molecular complexity index is 1380. The number of nitrogens with zero attached hydrogens (tertiary/aromatic N) is 2. The number of anilines is 1. The highest BCUT2D eigenvalue weighted by atomic mass is 16.5. The Morgan fingerprint density at radius 2 is 1.82 bits per heavy atom. The van der Waals surface area contributed by atoms with Gasteiger partial charge in [0.2, 0.25) is 11.8 Å². The summed E-state index contributed by atoms with van der Waals surface area (Å²) in [6, 6.07) is 25.1. The van der Waals surface area contributed by atoms with E-state index in [1.165, 1.54) is 0 Å². The van der Waals surface area contributed by atoms with E-state index in [-0.39, 0.29) is 12.3 Å². The van der Waals surface area contributed by atoms with Crippen molar-refractivity contribution in [2.24, 2.45) is 0 Å². The second-order valence-electron chi connectivity index (χ2n) is 7.94. The monoisotopic (exact) mass is 449 g/mol. The summed E-state index contributed by atoms with van der Waals surface area (Å²) < 4.78 is 13.6. The lowest BCUT2D eigenvalue weighted by atomic mass is 10.1. The highest BCUT2D eigenvalue weighted by Crippen LogP contribution is 2.26. The van der Waals surface area contributed by atoms with Gasteiger partial charge in [0.05, 0.1) is 18.8 Å². The number of fused-ring (bicyclic) bond motifs is 1. The molecular formula is C28H23N3O3. The summed E-state index contributed by atoms with van der Waals surface area (Å²) in [5.74, 6) is 2.74. The largest absolute Gasteiger partial charge is 0.489 e. The lowest BCUT2D eigenvalue weighted by Gasteiger charge is -2.13. The lowest BCUT2D eigenvalue weighted by molar-refractivity contribution is -0.115. The van der Waals surface area contributed by atoms with Crippen molar-refractivity contribution in [3.63, 3.8) is 0 Å². The molecule has 2 heterocycles. The number of amides is 1. The first-order chi connectivity index (χ1) is 16.6. The van der Waals surface area contributed by atoms with Crippen LogP contribution in [0.4, 0.5) is 5.69 Å². The zero-order valence-electron chi connectivity index (χ0n) is 18.7. The van der Waals surface area contributed by atoms with Gasteiger partial charge in [-0.2, -0.15) is 0 Å². The van der Waals surface area contributed by atoms with Crippen LogP contribution in [0.2, 0.25) is 0 Å². The van der Waals surface area contributed by atoms with Crippen LogP contribution in [0.3, 0.4) is 0 Å². The van der Waals surface area contributed by atoms with Crippen LogP contribution < -0.4 is 14.8 Å². The van der Waals surface area contributed by atoms with E-state index in [0.717, 1.165) is 28.3 Å². The highest BCUT2D eigenvalue weighted by molar-refractivity contribution is 5.92. The number of carbonyl (C=O) groups is 1. The molecule has 1 aromatic heterocycles. The molecule has 0 saturated carbocycles. The maximum Gasteiger partial charge on any atom is 0.228 e. The molecule has 0 bridgehead atoms. The van der Waals surface area contributed by atoms with E-state index in [1.807, 2.05) is 96.6 Å². The molecule has 0 spiro atoms. The topological polar surface area (TPSA) is 65.4 Å². The minimum Gasteiger partial charge on any atom is -0.489 e. The number of rotatable bonds is 7. The Balaban J connectivity index is 1.18. The summed E-state index contributed by atoms with van der Waals surface area (Å²) in [6.07, 6.45) is 3.75. The van der Waals surface area contributed by atoms with Crippen molar-refractivity contribution in [1.82, 2.24) is 9.55 Å². The van der Waals surface area contributed by atoms with Gasteiger partial charge in [-0.15, -0.1) is 0 Å². The molecular weight excluding hydrogens is 426 g/mol. The van der Waals surface area contributed by atoms with Crippen LogP contribution in [-0.4, -0.2) is 15.5 Å². The van der Waals surface area contributed by atoms with Gasteiger partial charge < -0.3 is 14.8 Å². The Labute approximate surface area is 197 Å². The predicted molar refractivity (Wildman–Crippen MR) is 131 cm³/mol. The van der Waals surface area contributed by atoms with Gasteiger partial charge in [-0.3, -0.25) is 9.36 Å². The van der Waals surface area contributed by atoms with Gasteiger partial charge in [-0.25, -0.2) is 4.98 Å². The molecule has 1 amide bonds. The van der Waals surface area contributed by atoms with Crippen molar-refractivity contribution in [3.8, 4) is 11.6 Å². The van der Waals surface area contributed by atoms with Crippen molar-refractivity contribution < 1.29 is 14.3 Å². The van der Waals surface area contributed by atoms with Crippen LogP contribution in [0.25, 0.3) is 12.0 Å². The molecule has 1 aliphatic heterocycles. The van der Waals surface area contributed by atoms with Gasteiger partial charge in [0.15, 0.2) is 5.76 Å². The average molecular weight is 450 g/mol. The molecule has 0 aliphatic carbocycles. The molecule has 1 aliphatic rings. The normalized spacial score (nSPS) is 11.9. The Morgan fingerprint density at radius 3 is 2.65 bits per heavy atom. The second-order valence-corrected chi connectivity index (χ2v) is 7.94. The number of imidazole rings is 1. The fourth-order valence-corrected chi connectivity index (χ4v) is 3.65. The minimum absolute atomic E-state index is 0.0969. The van der Waals surface area contributed by atoms with Crippen LogP contribution in [0.5, 0.6) is 11.6 Å². The van der Waals surface area contributed by atoms with E-state index in [0.29, 0.717) is 23.9 Å². The number of benzene rings is 3. The summed E-state index contributed by atoms with van der Waals surface area (Å²) in [5, 5.41) is 2.94. The van der Waals surface area contributed by atoms with E-state index in [4.69, 9.17) is 9.47 Å². The maximum atomic E-state index is 12.6. The maximum absolute atomic E-state index is 12.6. The van der Waals surface area contributed by atoms with Crippen LogP contribution in [0.1, 0.15) is 22.5 Å². The summed E-state index contributed by atoms with van der Waals surface area (Å²) >= 11 is 0. The predicted octanol–water partition coefficient (Wildman–Crippen LogP) is 5.45. The number of aromatic nitrogens is 2. The first-order valence-electron chi connectivity index (χ1n) is 11.0. The van der Waals surface area contributed by atoms with Crippen LogP contribution in [-0.2, 0) is 17.8 Å². The summed E-state index contributed by atoms with van der Waals surface area (Å²) in [5.41, 5.74) is 6.69. The van der Waals surface area contributed by atoms with E-state index >= 15 is 0 Å². The smallest absolute Gasteiger partial charge is 0.228 e. The number of hydrogen-bond acceptors (Lipinski definition) is 4. The van der Waals surface area contributed by atoms with Crippen molar-refractivity contribution in [2.45, 2.75) is 20.0 Å². The molecule has 0 fully saturated rings. The molecule has 1 N–H and O–H groups in total. The van der Waals surface area contributed by atoms with Gasteiger partial charge >= 0.3 is 0 Å². The Morgan fingerprint density at radius 1 is 1.03 bits per heavy atom. The van der Waals surface area contributed by atoms with Gasteiger partial charge in [0.1, 0.15) is 18.2 Å². The van der Waals surface area contributed by atoms with E-state index < -0.39 is 0 Å². The average Bonchev–Trinajstić information content (AvgIpc) is 3.24. The van der Waals surface area contributed by atoms with E-state index in [9.17, 15) is 4.79 Å². The Kier molecular flexibility index (Phi) is 5.97. The number of ether oxygens (including phenoxy) is 2. The zero-order chi connectivity index (χ0) is 23.3. The van der Waals surface area contributed by atoms with Gasteiger partial charge in [0.25, 0.3) is 0 Å². The molecule has 0 radical (unpaired) electrons. The molecule has 168 valence electrons. The van der Waals surface area contributed by atoms with Crippen molar-refractivity contribution in [2.75, 3.05) is 5.32 Å². The van der Waals surface area contributed by atoms with Crippen LogP contribution >= 0.6 is 0 Å². The minimum atomic E-state index is -0.0969. The summed E-state index contributed by atoms with van der Waals surface area (Å²) in [4.78, 5) is 16.8. The molecule has 0 saturated heterocycles. The van der Waals surface area contributed by atoms with Gasteiger partial charge in [0, 0.05) is 11.3 Å². The van der Waals surface area contributed by atoms with Crippen molar-refractivity contribution in [3.05, 3.63) is 113 Å². The molecule has 6 nitrogen and oxygen atoms in total. The molecule has 5 rings (SSSR count). The van der Waals surface area contributed by atoms with Crippen molar-refractivity contribution in [1.29, 1.82) is 0 Å². The molecule has 34 heavy (non-hydrogen) atoms. The van der Waals surface area contributed by atoms with E-state index in [2.05, 4.69) is 16.0 Å². The molecule has 3 aromatic carbocycles. The quantitative estimate of drug-likeness (QED) is 0.381. The number of nitrogens with one attached hydrogen (secondary N) is 1. The first-order valence-corrected chi connectivity index (χ1v) is 11.0. The van der Waals surface area contributed by atoms with Crippen LogP contribution in [0.15, 0.2) is 90.8 Å². The van der Waals surface area contributed by atoms with Gasteiger partial charge in [-0.1, -0.05) is 48.2 Å². The third-order valence-electron chi connectivity index (χ3n) is 5.42. The molecule has 0 atom stereocenters. The number of carbonyl (C=O) groups excluding carboxylic acids is 1. The molecule has 6 heteroatoms. The third kappa shape index (κ3) is 4.93. The number of aryl methyl sites for hydroxylation is 1. The molecule has 0 unspecified atom stereocenters. The number of hydrogen-bond donors (Lipinski definition) is 1.